The van der Waals surface area contributed by atoms with Crippen molar-refractivity contribution in [3.8, 4) is 0 Å². The fourth-order valence-corrected chi connectivity index (χ4v) is 8.46. The summed E-state index contributed by atoms with van der Waals surface area (Å²) in [7, 11) is -5.98. The van der Waals surface area contributed by atoms with Crippen molar-refractivity contribution < 1.29 is 39.7 Å². The third-order valence-corrected chi connectivity index (χ3v) is 11.8. The molecule has 2 aliphatic heterocycles. The Bertz CT molecular complexity index is 1590. The van der Waals surface area contributed by atoms with Crippen LogP contribution in [0.3, 0.4) is 0 Å². The lowest BCUT2D eigenvalue weighted by atomic mass is 9.88. The highest BCUT2D eigenvalue weighted by atomic mass is 32.2. The lowest BCUT2D eigenvalue weighted by Gasteiger charge is -2.44. The Morgan fingerprint density at radius 3 is 2.09 bits per heavy atom. The number of para-hydroxylation sites is 1. The first-order valence-corrected chi connectivity index (χ1v) is 17.5. The van der Waals surface area contributed by atoms with Crippen molar-refractivity contribution in [3.05, 3.63) is 48.3 Å². The van der Waals surface area contributed by atoms with Gasteiger partial charge in [0.1, 0.15) is 15.7 Å². The van der Waals surface area contributed by atoms with Gasteiger partial charge < -0.3 is 9.64 Å². The first-order valence-electron chi connectivity index (χ1n) is 14.5. The molecule has 250 valence electrons. The number of sulfonamides is 1. The van der Waals surface area contributed by atoms with E-state index in [1.807, 2.05) is 4.90 Å². The number of hydrogen-bond acceptors (Lipinski definition) is 7. The Hall–Kier alpha value is -2.79. The van der Waals surface area contributed by atoms with E-state index >= 15 is 4.39 Å². The van der Waals surface area contributed by atoms with Crippen molar-refractivity contribution in [2.45, 2.75) is 67.8 Å². The molecule has 2 aliphatic rings. The van der Waals surface area contributed by atoms with Crippen molar-refractivity contribution >= 4 is 37.2 Å². The summed E-state index contributed by atoms with van der Waals surface area (Å²) in [6.07, 6.45) is -3.46. The maximum Gasteiger partial charge on any atom is 0.474 e. The summed E-state index contributed by atoms with van der Waals surface area (Å²) in [5.41, 5.74) is 0.154. The number of piperidine rings is 1. The number of nitrogens with zero attached hydrogens (tertiary/aromatic N) is 4. The molecule has 4 atom stereocenters. The van der Waals surface area contributed by atoms with Gasteiger partial charge in [-0.05, 0) is 75.9 Å². The number of ether oxygens (including phenoxy) is 1. The Balaban J connectivity index is 1.52. The van der Waals surface area contributed by atoms with Crippen molar-refractivity contribution in [3.63, 3.8) is 0 Å². The molecule has 0 aliphatic carbocycles. The van der Waals surface area contributed by atoms with Gasteiger partial charge in [-0.2, -0.15) is 13.2 Å². The minimum atomic E-state index is -5.33. The minimum Gasteiger partial charge on any atom is -0.373 e. The van der Waals surface area contributed by atoms with E-state index in [1.54, 1.807) is 0 Å². The number of carbonyl (C=O) groups is 1. The highest BCUT2D eigenvalue weighted by molar-refractivity contribution is 7.93. The van der Waals surface area contributed by atoms with E-state index in [2.05, 4.69) is 34.8 Å². The van der Waals surface area contributed by atoms with E-state index < -0.39 is 37.8 Å². The maximum absolute atomic E-state index is 15.2. The predicted octanol–water partition coefficient (Wildman–Crippen LogP) is 4.73. The van der Waals surface area contributed by atoms with Gasteiger partial charge in [-0.15, -0.1) is 4.36 Å². The summed E-state index contributed by atoms with van der Waals surface area (Å²) in [5.74, 6) is -2.74. The van der Waals surface area contributed by atoms with Gasteiger partial charge in [-0.1, -0.05) is 6.07 Å². The second kappa shape index (κ2) is 13.5. The van der Waals surface area contributed by atoms with Gasteiger partial charge >= 0.3 is 12.1 Å². The molecule has 2 aromatic rings. The zero-order valence-electron chi connectivity index (χ0n) is 25.8. The van der Waals surface area contributed by atoms with Crippen LogP contribution in [-0.2, 0) is 29.5 Å². The highest BCUT2D eigenvalue weighted by Crippen LogP contribution is 2.36. The quantitative estimate of drug-likeness (QED) is 0.402. The van der Waals surface area contributed by atoms with E-state index in [4.69, 9.17) is 4.74 Å². The van der Waals surface area contributed by atoms with E-state index in [-0.39, 0.29) is 33.4 Å². The molecule has 45 heavy (non-hydrogen) atoms. The van der Waals surface area contributed by atoms with Gasteiger partial charge in [0.15, 0.2) is 0 Å². The smallest absolute Gasteiger partial charge is 0.373 e. The Labute approximate surface area is 262 Å². The van der Waals surface area contributed by atoms with E-state index in [1.165, 1.54) is 32.3 Å². The number of halogens is 4. The van der Waals surface area contributed by atoms with Crippen LogP contribution in [0.5, 0.6) is 0 Å². The first-order chi connectivity index (χ1) is 20.9. The fraction of sp³-hybridized carbons (Fsp3) is 0.552. The molecule has 2 fully saturated rings. The van der Waals surface area contributed by atoms with Crippen LogP contribution < -0.4 is 9.62 Å². The molecule has 2 aromatic carbocycles. The van der Waals surface area contributed by atoms with Crippen molar-refractivity contribution in [2.75, 3.05) is 49.9 Å². The largest absolute Gasteiger partial charge is 0.474 e. The van der Waals surface area contributed by atoms with E-state index in [9.17, 15) is 30.6 Å². The molecule has 0 saturated carbocycles. The number of hydrogen-bond donors (Lipinski definition) is 1. The predicted molar refractivity (Wildman–Crippen MR) is 163 cm³/mol. The number of anilines is 2. The van der Waals surface area contributed by atoms with Crippen molar-refractivity contribution in [2.24, 2.45) is 10.3 Å². The molecule has 0 aromatic heterocycles. The zero-order valence-corrected chi connectivity index (χ0v) is 27.4. The molecule has 2 heterocycles. The molecular formula is C29H39F4N5O5S2. The molecule has 1 N–H and O–H groups in total. The summed E-state index contributed by atoms with van der Waals surface area (Å²) in [4.78, 5) is 15.1. The van der Waals surface area contributed by atoms with Gasteiger partial charge in [0.05, 0.1) is 33.4 Å². The standard InChI is InChI=1S/C29H39F4N5O5S2/c1-19-17-38(18-20(2)43-19)21(3)22-13-15-37(16-14-22)27-25(30)7-6-8-26(27)34-45(41,42)24-11-9-23(10-12-24)44(40,36(4)5)35-28(39)29(31,32)33/h6-12,19-22,34H,13-18H2,1-5H3/t19-,20+,21?,44?. The Morgan fingerprint density at radius 1 is 1.00 bits per heavy atom. The second-order valence-electron chi connectivity index (χ2n) is 11.7. The molecular weight excluding hydrogens is 638 g/mol. The van der Waals surface area contributed by atoms with Gasteiger partial charge in [0, 0.05) is 46.3 Å². The van der Waals surface area contributed by atoms with E-state index in [0.717, 1.165) is 54.5 Å². The fourth-order valence-electron chi connectivity index (χ4n) is 5.88. The normalized spacial score (nSPS) is 22.6. The topological polar surface area (TPSA) is 112 Å². The Morgan fingerprint density at radius 2 is 1.56 bits per heavy atom. The van der Waals surface area contributed by atoms with Crippen LogP contribution in [0.1, 0.15) is 33.6 Å². The number of benzene rings is 2. The SMILES string of the molecule is CC(C1CCN(c2c(F)cccc2NS(=O)(=O)c2ccc(S(=O)(=NC(=O)C(F)(F)F)N(C)C)cc2)CC1)N1C[C@@H](C)O[C@@H](C)C1. The number of alkyl halides is 3. The summed E-state index contributed by atoms with van der Waals surface area (Å²) < 4.78 is 106. The van der Waals surface area contributed by atoms with Crippen molar-refractivity contribution in [1.29, 1.82) is 0 Å². The van der Waals surface area contributed by atoms with Crippen LogP contribution in [0.15, 0.2) is 56.6 Å². The summed E-state index contributed by atoms with van der Waals surface area (Å²) in [5, 5.41) is 0. The third kappa shape index (κ3) is 7.96. The molecule has 0 spiro atoms. The number of rotatable bonds is 8. The van der Waals surface area contributed by atoms with Crippen LogP contribution in [0.25, 0.3) is 0 Å². The lowest BCUT2D eigenvalue weighted by Crippen LogP contribution is -2.52. The highest BCUT2D eigenvalue weighted by Gasteiger charge is 2.40. The number of morpholine rings is 1. The van der Waals surface area contributed by atoms with Crippen LogP contribution in [0.2, 0.25) is 0 Å². The second-order valence-corrected chi connectivity index (χ2v) is 15.8. The molecule has 16 heteroatoms. The van der Waals surface area contributed by atoms with Crippen LogP contribution in [0, 0.1) is 11.7 Å². The number of amides is 1. The summed E-state index contributed by atoms with van der Waals surface area (Å²) in [6.45, 7) is 9.06. The monoisotopic (exact) mass is 677 g/mol. The molecule has 1 amide bonds. The molecule has 0 bridgehead atoms. The first kappa shape index (κ1) is 35.1. The molecule has 10 nitrogen and oxygen atoms in total. The van der Waals surface area contributed by atoms with Gasteiger partial charge in [0.2, 0.25) is 0 Å². The van der Waals surface area contributed by atoms with Crippen molar-refractivity contribution in [1.82, 2.24) is 9.21 Å². The van der Waals surface area contributed by atoms with Crippen LogP contribution in [0.4, 0.5) is 28.9 Å². The number of carbonyl (C=O) groups excluding carboxylic acids is 1. The third-order valence-electron chi connectivity index (χ3n) is 8.18. The molecule has 2 unspecified atom stereocenters. The average molecular weight is 678 g/mol. The zero-order chi connectivity index (χ0) is 33.3. The lowest BCUT2D eigenvalue weighted by molar-refractivity contribution is -0.169. The maximum atomic E-state index is 15.2. The van der Waals surface area contributed by atoms with E-state index in [0.29, 0.717) is 25.0 Å². The van der Waals surface area contributed by atoms with Crippen LogP contribution in [-0.4, -0.2) is 92.4 Å². The summed E-state index contributed by atoms with van der Waals surface area (Å²) in [6, 6.07) is 8.54. The number of nitrogens with one attached hydrogen (secondary N) is 1. The minimum absolute atomic E-state index is 0.0317. The van der Waals surface area contributed by atoms with Gasteiger partial charge in [0.25, 0.3) is 10.0 Å². The molecule has 4 rings (SSSR count). The average Bonchev–Trinajstić information content (AvgIpc) is 2.96. The molecule has 0 radical (unpaired) electrons. The summed E-state index contributed by atoms with van der Waals surface area (Å²) >= 11 is 0. The van der Waals surface area contributed by atoms with Gasteiger partial charge in [-0.25, -0.2) is 21.3 Å². The van der Waals surface area contributed by atoms with Gasteiger partial charge in [-0.3, -0.25) is 14.4 Å². The van der Waals surface area contributed by atoms with Crippen LogP contribution >= 0.6 is 0 Å². The Kier molecular flexibility index (Phi) is 10.5. The molecule has 2 saturated heterocycles.